The number of hydrazone groups is 1. The number of hydrogen-bond donors (Lipinski definition) is 6. The molecule has 0 aliphatic carbocycles. The van der Waals surface area contributed by atoms with Gasteiger partial charge in [0.2, 0.25) is 6.10 Å². The van der Waals surface area contributed by atoms with Crippen molar-refractivity contribution in [2.45, 2.75) is 76.9 Å². The second kappa shape index (κ2) is 21.3. The molecule has 8 N–H and O–H groups in total. The minimum atomic E-state index is -1.10. The number of unbranched alkanes of at least 4 members (excludes halogenated alkanes) is 6. The van der Waals surface area contributed by atoms with Gasteiger partial charge >= 0.3 is 0 Å². The molecule has 31 heavy (non-hydrogen) atoms. The van der Waals surface area contributed by atoms with E-state index < -0.39 is 12.0 Å². The highest BCUT2D eigenvalue weighted by molar-refractivity contribution is 6.03. The number of hydrogen-bond acceptors (Lipinski definition) is 7. The molecule has 10 heteroatoms. The van der Waals surface area contributed by atoms with Crippen LogP contribution in [-0.4, -0.2) is 70.1 Å². The Morgan fingerprint density at radius 2 is 1.39 bits per heavy atom. The smallest absolute Gasteiger partial charge is 0.258 e. The Bertz CT molecular complexity index is 476. The molecule has 0 saturated carbocycles. The van der Waals surface area contributed by atoms with E-state index in [-0.39, 0.29) is 11.9 Å². The van der Waals surface area contributed by atoms with Crippen LogP contribution < -0.4 is 32.8 Å². The first-order chi connectivity index (χ1) is 15.0. The highest BCUT2D eigenvalue weighted by Gasteiger charge is 2.25. The van der Waals surface area contributed by atoms with Crippen molar-refractivity contribution in [3.63, 3.8) is 0 Å². The first-order valence-corrected chi connectivity index (χ1v) is 11.5. The lowest BCUT2D eigenvalue weighted by Crippen LogP contribution is -2.47. The van der Waals surface area contributed by atoms with Crippen molar-refractivity contribution in [2.75, 3.05) is 39.8 Å². The fraction of sp³-hybridized carbons (Fsp3) is 0.857. The summed E-state index contributed by atoms with van der Waals surface area (Å²) >= 11 is 0. The Hall–Kier alpha value is -1.91. The molecule has 0 aromatic heterocycles. The lowest BCUT2D eigenvalue weighted by Gasteiger charge is -2.15. The van der Waals surface area contributed by atoms with Crippen LogP contribution in [0.25, 0.3) is 0 Å². The average molecular weight is 444 g/mol. The van der Waals surface area contributed by atoms with E-state index in [0.717, 1.165) is 77.4 Å². The van der Waals surface area contributed by atoms with Crippen molar-refractivity contribution in [1.82, 2.24) is 21.3 Å². The van der Waals surface area contributed by atoms with Gasteiger partial charge in [-0.3, -0.25) is 9.59 Å². The van der Waals surface area contributed by atoms with Crippen LogP contribution in [0.5, 0.6) is 0 Å². The fourth-order valence-electron chi connectivity index (χ4n) is 2.95. The monoisotopic (exact) mass is 443 g/mol. The molecule has 10 nitrogen and oxygen atoms in total. The molecule has 0 aliphatic heterocycles. The van der Waals surface area contributed by atoms with Crippen LogP contribution in [0.3, 0.4) is 0 Å². The van der Waals surface area contributed by atoms with E-state index in [1.807, 2.05) is 6.92 Å². The quantitative estimate of drug-likeness (QED) is 0.0369. The highest BCUT2D eigenvalue weighted by Crippen LogP contribution is 2.04. The lowest BCUT2D eigenvalue weighted by atomic mass is 10.1. The molecule has 0 radical (unpaired) electrons. The summed E-state index contributed by atoms with van der Waals surface area (Å²) in [5.74, 6) is 4.22. The van der Waals surface area contributed by atoms with Crippen LogP contribution >= 0.6 is 0 Å². The van der Waals surface area contributed by atoms with Crippen LogP contribution in [-0.2, 0) is 14.3 Å². The second-order valence-electron chi connectivity index (χ2n) is 7.77. The third kappa shape index (κ3) is 18.6. The third-order valence-electron chi connectivity index (χ3n) is 4.78. The van der Waals surface area contributed by atoms with Gasteiger partial charge in [-0.1, -0.05) is 25.7 Å². The number of amides is 2. The van der Waals surface area contributed by atoms with E-state index in [1.165, 1.54) is 13.4 Å². The van der Waals surface area contributed by atoms with Gasteiger partial charge in [0, 0.05) is 32.8 Å². The molecule has 0 aromatic carbocycles. The summed E-state index contributed by atoms with van der Waals surface area (Å²) in [6.45, 7) is 5.73. The van der Waals surface area contributed by atoms with Gasteiger partial charge in [-0.05, 0) is 52.1 Å². The molecule has 0 heterocycles. The summed E-state index contributed by atoms with van der Waals surface area (Å²) in [7, 11) is 1.38. The number of carbonyl (C=O) groups is 2. The van der Waals surface area contributed by atoms with Gasteiger partial charge in [-0.25, -0.2) is 0 Å². The Morgan fingerprint density at radius 1 is 0.871 bits per heavy atom. The molecular formula is C21H45N7O3. The third-order valence-corrected chi connectivity index (χ3v) is 4.78. The standard InChI is InChI=1S/C21H45N7O3/c1-18(22)11-16-24-12-9-10-15-27-21(30)19(31-2)20(29)26-14-8-6-4-3-5-7-13-25-17-28-23/h17-19,24H,3-16,22-23H2,1-2H3,(H,25,28)(H,26,29)(H,27,30). The van der Waals surface area contributed by atoms with Crippen molar-refractivity contribution in [2.24, 2.45) is 16.7 Å². The van der Waals surface area contributed by atoms with Crippen LogP contribution in [0.2, 0.25) is 0 Å². The Labute approximate surface area is 187 Å². The van der Waals surface area contributed by atoms with E-state index in [0.29, 0.717) is 13.1 Å². The zero-order valence-corrected chi connectivity index (χ0v) is 19.5. The van der Waals surface area contributed by atoms with Crippen LogP contribution in [0.15, 0.2) is 5.10 Å². The minimum absolute atomic E-state index is 0.208. The lowest BCUT2D eigenvalue weighted by molar-refractivity contribution is -0.143. The number of nitrogens with zero attached hydrogens (tertiary/aromatic N) is 1. The summed E-state index contributed by atoms with van der Waals surface area (Å²) in [5, 5.41) is 15.3. The molecule has 0 spiro atoms. The summed E-state index contributed by atoms with van der Waals surface area (Å²) in [4.78, 5) is 24.4. The van der Waals surface area contributed by atoms with Crippen LogP contribution in [0.4, 0.5) is 0 Å². The number of methoxy groups -OCH3 is 1. The Balaban J connectivity index is 3.69. The molecule has 2 atom stereocenters. The van der Waals surface area contributed by atoms with Gasteiger partial charge in [0.05, 0.1) is 0 Å². The van der Waals surface area contributed by atoms with Crippen molar-refractivity contribution in [1.29, 1.82) is 0 Å². The Morgan fingerprint density at radius 3 is 1.94 bits per heavy atom. The molecule has 0 bridgehead atoms. The predicted octanol–water partition coefficient (Wildman–Crippen LogP) is 0.173. The predicted molar refractivity (Wildman–Crippen MR) is 126 cm³/mol. The largest absolute Gasteiger partial charge is 0.375 e. The minimum Gasteiger partial charge on any atom is -0.375 e. The number of carbonyl (C=O) groups excluding carboxylic acids is 2. The molecule has 0 saturated heterocycles. The van der Waals surface area contributed by atoms with E-state index >= 15 is 0 Å². The summed E-state index contributed by atoms with van der Waals surface area (Å²) in [5.41, 5.74) is 5.69. The number of ether oxygens (including phenoxy) is 1. The fourth-order valence-corrected chi connectivity index (χ4v) is 2.95. The molecule has 0 aromatic rings. The first-order valence-electron chi connectivity index (χ1n) is 11.5. The van der Waals surface area contributed by atoms with Crippen molar-refractivity contribution >= 4 is 18.2 Å². The van der Waals surface area contributed by atoms with Crippen LogP contribution in [0, 0.1) is 0 Å². The van der Waals surface area contributed by atoms with Gasteiger partial charge in [0.25, 0.3) is 11.8 Å². The van der Waals surface area contributed by atoms with E-state index in [9.17, 15) is 9.59 Å². The van der Waals surface area contributed by atoms with Crippen molar-refractivity contribution in [3.05, 3.63) is 0 Å². The van der Waals surface area contributed by atoms with Crippen molar-refractivity contribution in [3.8, 4) is 0 Å². The van der Waals surface area contributed by atoms with Gasteiger partial charge in [0.1, 0.15) is 6.34 Å². The van der Waals surface area contributed by atoms with Gasteiger partial charge in [0.15, 0.2) is 0 Å². The number of rotatable bonds is 21. The topological polar surface area (TPSA) is 156 Å². The summed E-state index contributed by atoms with van der Waals surface area (Å²) < 4.78 is 5.09. The number of nitrogens with one attached hydrogen (secondary N) is 4. The molecule has 0 aliphatic rings. The molecular weight excluding hydrogens is 398 g/mol. The molecule has 2 unspecified atom stereocenters. The maximum Gasteiger partial charge on any atom is 0.258 e. The molecule has 182 valence electrons. The highest BCUT2D eigenvalue weighted by atomic mass is 16.5. The van der Waals surface area contributed by atoms with Gasteiger partial charge in [-0.15, -0.1) is 0 Å². The maximum atomic E-state index is 12.2. The van der Waals surface area contributed by atoms with Crippen molar-refractivity contribution < 1.29 is 14.3 Å². The van der Waals surface area contributed by atoms with E-state index in [1.54, 1.807) is 0 Å². The van der Waals surface area contributed by atoms with E-state index in [2.05, 4.69) is 26.4 Å². The Kier molecular flexibility index (Phi) is 20.0. The van der Waals surface area contributed by atoms with Gasteiger partial charge in [-0.2, -0.15) is 5.10 Å². The zero-order valence-electron chi connectivity index (χ0n) is 19.5. The normalized spacial score (nSPS) is 13.1. The average Bonchev–Trinajstić information content (AvgIpc) is 2.74. The zero-order chi connectivity index (χ0) is 23.2. The summed E-state index contributed by atoms with van der Waals surface area (Å²) in [6, 6.07) is 0.208. The second-order valence-corrected chi connectivity index (χ2v) is 7.77. The molecule has 0 fully saturated rings. The SMILES string of the molecule is COC(C(=O)NCCCCCCCCNC=NN)C(=O)NCCCCNCCC(C)N. The number of nitrogens with two attached hydrogens (primary N) is 2. The molecule has 2 amide bonds. The maximum absolute atomic E-state index is 12.2. The van der Waals surface area contributed by atoms with Crippen LogP contribution in [0.1, 0.15) is 64.7 Å². The first kappa shape index (κ1) is 29.1. The summed E-state index contributed by atoms with van der Waals surface area (Å²) in [6.07, 6.45) is 9.56. The van der Waals surface area contributed by atoms with E-state index in [4.69, 9.17) is 16.3 Å². The van der Waals surface area contributed by atoms with Gasteiger partial charge < -0.3 is 37.6 Å². The molecule has 0 rings (SSSR count).